The Morgan fingerprint density at radius 3 is 2.67 bits per heavy atom. The van der Waals surface area contributed by atoms with Crippen LogP contribution < -0.4 is 11.1 Å². The van der Waals surface area contributed by atoms with E-state index >= 15 is 0 Å². The summed E-state index contributed by atoms with van der Waals surface area (Å²) >= 11 is 0. The summed E-state index contributed by atoms with van der Waals surface area (Å²) in [5.74, 6) is 0.00835. The average molecular weight is 276 g/mol. The second-order valence-corrected chi connectivity index (χ2v) is 4.77. The molecule has 106 valence electrons. The maximum Gasteiger partial charge on any atom is 0.237 e. The Morgan fingerprint density at radius 1 is 1.56 bits per heavy atom. The molecule has 1 unspecified atom stereocenters. The molecule has 0 aromatic rings. The lowest BCUT2D eigenvalue weighted by Crippen LogP contribution is -2.49. The number of nitrogens with zero attached hydrogens (tertiary/aromatic N) is 1. The third kappa shape index (κ3) is 5.85. The van der Waals surface area contributed by atoms with E-state index in [2.05, 4.69) is 16.8 Å². The number of rotatable bonds is 6. The minimum absolute atomic E-state index is 0. The van der Waals surface area contributed by atoms with Crippen molar-refractivity contribution in [2.24, 2.45) is 5.73 Å². The smallest absolute Gasteiger partial charge is 0.237 e. The number of carbonyl (C=O) groups excluding carboxylic acids is 1. The Bertz CT molecular complexity index is 253. The van der Waals surface area contributed by atoms with E-state index in [9.17, 15) is 4.79 Å². The van der Waals surface area contributed by atoms with Crippen LogP contribution in [0.5, 0.6) is 0 Å². The molecule has 1 heterocycles. The molecule has 1 fully saturated rings. The normalized spacial score (nSPS) is 18.8. The van der Waals surface area contributed by atoms with Gasteiger partial charge in [-0.1, -0.05) is 19.4 Å². The highest BCUT2D eigenvalue weighted by Crippen LogP contribution is 2.10. The Kier molecular flexibility index (Phi) is 9.06. The van der Waals surface area contributed by atoms with Gasteiger partial charge in [-0.3, -0.25) is 9.69 Å². The van der Waals surface area contributed by atoms with Gasteiger partial charge in [0, 0.05) is 25.7 Å². The van der Waals surface area contributed by atoms with E-state index in [1.54, 1.807) is 0 Å². The number of hydrogen-bond donors (Lipinski definition) is 2. The summed E-state index contributed by atoms with van der Waals surface area (Å²) in [6.45, 7) is 8.78. The van der Waals surface area contributed by atoms with Gasteiger partial charge in [-0.2, -0.15) is 0 Å². The standard InChI is InChI=1S/C13H25N3O.ClH/c1-3-5-12(14)13(17)15-11-6-9-16(8-4-2)10-7-11;/h4,11-12H,2-3,5-10,14H2,1H3,(H,15,17);1H. The van der Waals surface area contributed by atoms with Gasteiger partial charge in [0.1, 0.15) is 0 Å². The molecule has 1 saturated heterocycles. The van der Waals surface area contributed by atoms with Crippen LogP contribution in [0.2, 0.25) is 0 Å². The van der Waals surface area contributed by atoms with E-state index in [1.807, 2.05) is 13.0 Å². The second-order valence-electron chi connectivity index (χ2n) is 4.77. The van der Waals surface area contributed by atoms with Gasteiger partial charge in [-0.15, -0.1) is 19.0 Å². The first kappa shape index (κ1) is 17.4. The lowest BCUT2D eigenvalue weighted by Gasteiger charge is -2.32. The monoisotopic (exact) mass is 275 g/mol. The summed E-state index contributed by atoms with van der Waals surface area (Å²) in [7, 11) is 0. The quantitative estimate of drug-likeness (QED) is 0.719. The van der Waals surface area contributed by atoms with Crippen molar-refractivity contribution in [3.05, 3.63) is 12.7 Å². The number of halogens is 1. The fraction of sp³-hybridized carbons (Fsp3) is 0.769. The second kappa shape index (κ2) is 9.36. The molecule has 0 aromatic heterocycles. The van der Waals surface area contributed by atoms with E-state index in [0.29, 0.717) is 6.04 Å². The topological polar surface area (TPSA) is 58.4 Å². The molecule has 18 heavy (non-hydrogen) atoms. The molecule has 0 spiro atoms. The number of nitrogens with two attached hydrogens (primary N) is 1. The van der Waals surface area contributed by atoms with E-state index in [4.69, 9.17) is 5.73 Å². The zero-order chi connectivity index (χ0) is 12.7. The molecular formula is C13H26ClN3O. The van der Waals surface area contributed by atoms with Gasteiger partial charge < -0.3 is 11.1 Å². The van der Waals surface area contributed by atoms with E-state index < -0.39 is 0 Å². The third-order valence-corrected chi connectivity index (χ3v) is 3.26. The van der Waals surface area contributed by atoms with Gasteiger partial charge in [0.05, 0.1) is 6.04 Å². The largest absolute Gasteiger partial charge is 0.352 e. The molecule has 0 radical (unpaired) electrons. The van der Waals surface area contributed by atoms with Crippen LogP contribution in [0.3, 0.4) is 0 Å². The van der Waals surface area contributed by atoms with Crippen molar-refractivity contribution in [2.45, 2.75) is 44.7 Å². The first-order valence-electron chi connectivity index (χ1n) is 6.56. The Labute approximate surface area is 116 Å². The molecule has 3 N–H and O–H groups in total. The van der Waals surface area contributed by atoms with E-state index in [1.165, 1.54) is 0 Å². The van der Waals surface area contributed by atoms with Crippen LogP contribution in [0.25, 0.3) is 0 Å². The number of nitrogens with one attached hydrogen (secondary N) is 1. The van der Waals surface area contributed by atoms with Crippen molar-refractivity contribution >= 4 is 18.3 Å². The predicted molar refractivity (Wildman–Crippen MR) is 77.9 cm³/mol. The van der Waals surface area contributed by atoms with Crippen molar-refractivity contribution in [3.8, 4) is 0 Å². The molecule has 5 heteroatoms. The van der Waals surface area contributed by atoms with Gasteiger partial charge in [-0.25, -0.2) is 0 Å². The zero-order valence-corrected chi connectivity index (χ0v) is 12.0. The van der Waals surface area contributed by atoms with Crippen molar-refractivity contribution in [2.75, 3.05) is 19.6 Å². The molecule has 1 aliphatic rings. The van der Waals surface area contributed by atoms with Gasteiger partial charge in [0.15, 0.2) is 0 Å². The fourth-order valence-electron chi connectivity index (χ4n) is 2.19. The minimum atomic E-state index is -0.341. The number of hydrogen-bond acceptors (Lipinski definition) is 3. The lowest BCUT2D eigenvalue weighted by atomic mass is 10.0. The maximum absolute atomic E-state index is 11.7. The summed E-state index contributed by atoms with van der Waals surface area (Å²) in [4.78, 5) is 14.1. The molecule has 0 aliphatic carbocycles. The number of amides is 1. The van der Waals surface area contributed by atoms with Crippen LogP contribution in [0, 0.1) is 0 Å². The maximum atomic E-state index is 11.7. The van der Waals surface area contributed by atoms with Crippen molar-refractivity contribution < 1.29 is 4.79 Å². The van der Waals surface area contributed by atoms with Gasteiger partial charge >= 0.3 is 0 Å². The molecule has 1 amide bonds. The molecule has 0 aromatic carbocycles. The number of likely N-dealkylation sites (tertiary alicyclic amines) is 1. The summed E-state index contributed by atoms with van der Waals surface area (Å²) in [5, 5.41) is 3.05. The van der Waals surface area contributed by atoms with Crippen molar-refractivity contribution in [3.63, 3.8) is 0 Å². The predicted octanol–water partition coefficient (Wildman–Crippen LogP) is 1.30. The Morgan fingerprint density at radius 2 is 2.17 bits per heavy atom. The van der Waals surface area contributed by atoms with Gasteiger partial charge in [-0.05, 0) is 19.3 Å². The molecular weight excluding hydrogens is 250 g/mol. The van der Waals surface area contributed by atoms with Crippen LogP contribution >= 0.6 is 12.4 Å². The molecule has 1 aliphatic heterocycles. The number of carbonyl (C=O) groups is 1. The van der Waals surface area contributed by atoms with Crippen LogP contribution in [-0.4, -0.2) is 42.5 Å². The summed E-state index contributed by atoms with van der Waals surface area (Å²) < 4.78 is 0. The molecule has 1 atom stereocenters. The highest BCUT2D eigenvalue weighted by atomic mass is 35.5. The fourth-order valence-corrected chi connectivity index (χ4v) is 2.19. The van der Waals surface area contributed by atoms with Crippen molar-refractivity contribution in [1.82, 2.24) is 10.2 Å². The van der Waals surface area contributed by atoms with Crippen LogP contribution in [0.15, 0.2) is 12.7 Å². The van der Waals surface area contributed by atoms with Crippen LogP contribution in [-0.2, 0) is 4.79 Å². The summed E-state index contributed by atoms with van der Waals surface area (Å²) in [5.41, 5.74) is 5.78. The van der Waals surface area contributed by atoms with Crippen LogP contribution in [0.1, 0.15) is 32.6 Å². The first-order valence-corrected chi connectivity index (χ1v) is 6.56. The lowest BCUT2D eigenvalue weighted by molar-refractivity contribution is -0.123. The van der Waals surface area contributed by atoms with Gasteiger partial charge in [0.2, 0.25) is 5.91 Å². The van der Waals surface area contributed by atoms with Gasteiger partial charge in [0.25, 0.3) is 0 Å². The van der Waals surface area contributed by atoms with E-state index in [0.717, 1.165) is 45.3 Å². The molecule has 1 rings (SSSR count). The SMILES string of the molecule is C=CCN1CCC(NC(=O)C(N)CCC)CC1.Cl. The van der Waals surface area contributed by atoms with Crippen LogP contribution in [0.4, 0.5) is 0 Å². The zero-order valence-electron chi connectivity index (χ0n) is 11.2. The molecule has 0 saturated carbocycles. The Hall–Kier alpha value is -0.580. The average Bonchev–Trinajstić information content (AvgIpc) is 2.32. The summed E-state index contributed by atoms with van der Waals surface area (Å²) in [6.07, 6.45) is 5.67. The molecule has 0 bridgehead atoms. The highest BCUT2D eigenvalue weighted by Gasteiger charge is 2.21. The highest BCUT2D eigenvalue weighted by molar-refractivity contribution is 5.85. The summed E-state index contributed by atoms with van der Waals surface area (Å²) in [6, 6.07) is -0.0438. The van der Waals surface area contributed by atoms with E-state index in [-0.39, 0.29) is 24.4 Å². The van der Waals surface area contributed by atoms with Crippen molar-refractivity contribution in [1.29, 1.82) is 0 Å². The first-order chi connectivity index (χ1) is 8.17. The third-order valence-electron chi connectivity index (χ3n) is 3.26. The molecule has 4 nitrogen and oxygen atoms in total. The minimum Gasteiger partial charge on any atom is -0.352 e. The Balaban J connectivity index is 0.00000289. The number of piperidine rings is 1.